The Bertz CT molecular complexity index is 787. The van der Waals surface area contributed by atoms with Crippen LogP contribution in [0, 0.1) is 5.92 Å². The Labute approximate surface area is 204 Å². The predicted octanol–water partition coefficient (Wildman–Crippen LogP) is 5.34. The Morgan fingerprint density at radius 1 is 1.12 bits per heavy atom. The second-order valence-corrected chi connectivity index (χ2v) is 16.6. The molecule has 0 heterocycles. The number of rotatable bonds is 15. The van der Waals surface area contributed by atoms with E-state index in [4.69, 9.17) is 18.9 Å². The average Bonchev–Trinajstić information content (AvgIpc) is 2.78. The summed E-state index contributed by atoms with van der Waals surface area (Å²) in [5.74, 6) is -0.210. The molecule has 1 rings (SSSR count). The van der Waals surface area contributed by atoms with Crippen molar-refractivity contribution in [3.8, 4) is 5.75 Å². The van der Waals surface area contributed by atoms with E-state index in [2.05, 4.69) is 19.6 Å². The van der Waals surface area contributed by atoms with Gasteiger partial charge in [-0.3, -0.25) is 9.59 Å². The zero-order chi connectivity index (χ0) is 25.1. The molecule has 0 N–H and O–H groups in total. The van der Waals surface area contributed by atoms with Crippen molar-refractivity contribution < 1.29 is 28.5 Å². The van der Waals surface area contributed by atoms with Gasteiger partial charge in [-0.2, -0.15) is 0 Å². The molecule has 0 amide bonds. The van der Waals surface area contributed by atoms with Gasteiger partial charge in [-0.1, -0.05) is 37.8 Å². The molecule has 2 atom stereocenters. The Morgan fingerprint density at radius 2 is 1.76 bits per heavy atom. The Hall–Kier alpha value is -1.61. The fourth-order valence-electron chi connectivity index (χ4n) is 3.06. The number of carbonyl (C=O) groups is 2. The van der Waals surface area contributed by atoms with Crippen molar-refractivity contribution in [3.63, 3.8) is 0 Å². The third-order valence-electron chi connectivity index (χ3n) is 5.15. The summed E-state index contributed by atoms with van der Waals surface area (Å²) in [7, 11) is 1.80. The molecule has 33 heavy (non-hydrogen) atoms. The monoisotopic (exact) mass is 496 g/mol. The van der Waals surface area contributed by atoms with Gasteiger partial charge in [0.05, 0.1) is 25.6 Å². The highest BCUT2D eigenvalue weighted by Crippen LogP contribution is 2.35. The molecule has 0 aliphatic rings. The van der Waals surface area contributed by atoms with Crippen molar-refractivity contribution in [2.45, 2.75) is 57.0 Å². The number of Topliss-reactive ketones (excluding diaryl/α,β-unsaturated/α-hetero) is 1. The number of thioether (sulfide) groups is 1. The fourth-order valence-corrected chi connectivity index (χ4v) is 5.08. The molecule has 0 aliphatic carbocycles. The van der Waals surface area contributed by atoms with E-state index in [1.165, 1.54) is 18.9 Å². The predicted molar refractivity (Wildman–Crippen MR) is 138 cm³/mol. The minimum absolute atomic E-state index is 0.196. The van der Waals surface area contributed by atoms with Gasteiger partial charge in [-0.15, -0.1) is 11.8 Å². The summed E-state index contributed by atoms with van der Waals surface area (Å²) in [6.45, 7) is 13.5. The van der Waals surface area contributed by atoms with Crippen molar-refractivity contribution in [2.75, 3.05) is 34.2 Å². The largest absolute Gasteiger partial charge is 0.497 e. The SMILES string of the molecule is COC(=O)C(C)C(=O)[C@](C)(/C=C(\C)COCOCC[Si](C)(C)C)SCc1ccc(OC)cc1. The van der Waals surface area contributed by atoms with E-state index in [1.54, 1.807) is 14.0 Å². The van der Waals surface area contributed by atoms with Gasteiger partial charge in [-0.25, -0.2) is 0 Å². The molecule has 0 spiro atoms. The lowest BCUT2D eigenvalue weighted by atomic mass is 9.93. The third-order valence-corrected chi connectivity index (χ3v) is 8.25. The molecule has 0 fully saturated rings. The molecule has 0 aromatic heterocycles. The Balaban J connectivity index is 2.84. The lowest BCUT2D eigenvalue weighted by molar-refractivity contribution is -0.148. The minimum atomic E-state index is -1.13. The number of carbonyl (C=O) groups excluding carboxylic acids is 2. The van der Waals surface area contributed by atoms with Crippen LogP contribution in [0.4, 0.5) is 0 Å². The summed E-state index contributed by atoms with van der Waals surface area (Å²) in [6.07, 6.45) is 1.89. The number of hydrogen-bond acceptors (Lipinski definition) is 7. The van der Waals surface area contributed by atoms with Crippen LogP contribution in [0.3, 0.4) is 0 Å². The number of hydrogen-bond donors (Lipinski definition) is 0. The van der Waals surface area contributed by atoms with Crippen molar-refractivity contribution in [1.82, 2.24) is 0 Å². The maximum absolute atomic E-state index is 13.3. The third kappa shape index (κ3) is 10.9. The van der Waals surface area contributed by atoms with E-state index in [0.29, 0.717) is 19.0 Å². The number of methoxy groups -OCH3 is 2. The van der Waals surface area contributed by atoms with Crippen LogP contribution < -0.4 is 4.74 Å². The van der Waals surface area contributed by atoms with Crippen molar-refractivity contribution >= 4 is 31.6 Å². The van der Waals surface area contributed by atoms with Crippen LogP contribution in [0.2, 0.25) is 25.7 Å². The second-order valence-electron chi connectivity index (χ2n) is 9.53. The summed E-state index contributed by atoms with van der Waals surface area (Å²) in [5.41, 5.74) is 1.96. The topological polar surface area (TPSA) is 71.1 Å². The van der Waals surface area contributed by atoms with E-state index in [0.717, 1.165) is 22.9 Å². The molecule has 0 aliphatic heterocycles. The van der Waals surface area contributed by atoms with Crippen LogP contribution in [-0.2, 0) is 29.6 Å². The highest BCUT2D eigenvalue weighted by atomic mass is 32.2. The van der Waals surface area contributed by atoms with Gasteiger partial charge in [0.25, 0.3) is 0 Å². The van der Waals surface area contributed by atoms with E-state index < -0.39 is 24.7 Å². The minimum Gasteiger partial charge on any atom is -0.497 e. The first-order chi connectivity index (χ1) is 15.4. The zero-order valence-electron chi connectivity index (χ0n) is 21.4. The first kappa shape index (κ1) is 29.4. The van der Waals surface area contributed by atoms with Crippen LogP contribution in [0.25, 0.3) is 0 Å². The van der Waals surface area contributed by atoms with E-state index in [1.807, 2.05) is 44.2 Å². The zero-order valence-corrected chi connectivity index (χ0v) is 23.2. The van der Waals surface area contributed by atoms with E-state index >= 15 is 0 Å². The van der Waals surface area contributed by atoms with Crippen LogP contribution in [-0.4, -0.2) is 58.8 Å². The molecule has 0 saturated carbocycles. The maximum atomic E-state index is 13.3. The number of esters is 1. The maximum Gasteiger partial charge on any atom is 0.315 e. The summed E-state index contributed by atoms with van der Waals surface area (Å²) >= 11 is 1.48. The van der Waals surface area contributed by atoms with Gasteiger partial charge in [-0.05, 0) is 50.1 Å². The molecule has 0 saturated heterocycles. The second kappa shape index (κ2) is 13.9. The van der Waals surface area contributed by atoms with Crippen molar-refractivity contribution in [1.29, 1.82) is 0 Å². The Kier molecular flexibility index (Phi) is 12.4. The summed E-state index contributed by atoms with van der Waals surface area (Å²) in [5, 5.41) is 0. The van der Waals surface area contributed by atoms with Crippen LogP contribution in [0.5, 0.6) is 5.75 Å². The van der Waals surface area contributed by atoms with E-state index in [-0.39, 0.29) is 12.6 Å². The lowest BCUT2D eigenvalue weighted by Gasteiger charge is -2.27. The molecular formula is C25H40O6SSi. The Morgan fingerprint density at radius 3 is 2.30 bits per heavy atom. The van der Waals surface area contributed by atoms with Gasteiger partial charge in [0.15, 0.2) is 5.78 Å². The first-order valence-corrected chi connectivity index (χ1v) is 15.8. The van der Waals surface area contributed by atoms with Gasteiger partial charge in [0.2, 0.25) is 0 Å². The standard InChI is InChI=1S/C25H40O6SSi/c1-19(16-31-18-30-13-14-33(6,7)8)15-25(3,23(26)20(2)24(27)29-5)32-17-21-9-11-22(28-4)12-10-21/h9-12,15,20H,13-14,16-18H2,1-8H3/b19-15+/t20?,25-/m0/s1. The molecule has 0 bridgehead atoms. The smallest absolute Gasteiger partial charge is 0.315 e. The van der Waals surface area contributed by atoms with Gasteiger partial charge in [0.1, 0.15) is 18.5 Å². The number of ketones is 1. The molecule has 1 unspecified atom stereocenters. The first-order valence-electron chi connectivity index (χ1n) is 11.1. The molecule has 1 aromatic rings. The van der Waals surface area contributed by atoms with Crippen LogP contribution >= 0.6 is 11.8 Å². The summed E-state index contributed by atoms with van der Waals surface area (Å²) < 4.78 is 20.3. The average molecular weight is 497 g/mol. The van der Waals surface area contributed by atoms with Crippen LogP contribution in [0.1, 0.15) is 26.3 Å². The van der Waals surface area contributed by atoms with Gasteiger partial charge < -0.3 is 18.9 Å². The van der Waals surface area contributed by atoms with E-state index in [9.17, 15) is 9.59 Å². The highest BCUT2D eigenvalue weighted by Gasteiger charge is 2.38. The highest BCUT2D eigenvalue weighted by molar-refractivity contribution is 8.00. The molecular weight excluding hydrogens is 456 g/mol. The van der Waals surface area contributed by atoms with Crippen LogP contribution in [0.15, 0.2) is 35.9 Å². The van der Waals surface area contributed by atoms with Gasteiger partial charge >= 0.3 is 5.97 Å². The molecule has 6 nitrogen and oxygen atoms in total. The lowest BCUT2D eigenvalue weighted by Crippen LogP contribution is -2.38. The molecule has 1 aromatic carbocycles. The molecule has 8 heteroatoms. The van der Waals surface area contributed by atoms with Crippen molar-refractivity contribution in [3.05, 3.63) is 41.5 Å². The molecule has 186 valence electrons. The quantitative estimate of drug-likeness (QED) is 0.0810. The summed E-state index contributed by atoms with van der Waals surface area (Å²) in [4.78, 5) is 25.3. The van der Waals surface area contributed by atoms with Crippen molar-refractivity contribution in [2.24, 2.45) is 5.92 Å². The summed E-state index contributed by atoms with van der Waals surface area (Å²) in [6, 6.07) is 8.81. The molecule has 0 radical (unpaired) electrons. The number of ether oxygens (including phenoxy) is 4. The van der Waals surface area contributed by atoms with Gasteiger partial charge in [0, 0.05) is 20.4 Å². The fraction of sp³-hybridized carbons (Fsp3) is 0.600. The normalized spacial score (nSPS) is 15.0. The number of benzene rings is 1.